The molecule has 2 rings (SSSR count). The Hall–Kier alpha value is -1.32. The first kappa shape index (κ1) is 14.7. The van der Waals surface area contributed by atoms with E-state index in [1.807, 2.05) is 54.2 Å². The quantitative estimate of drug-likeness (QED) is 0.669. The van der Waals surface area contributed by atoms with Crippen molar-refractivity contribution >= 4 is 17.5 Å². The molecule has 18 heavy (non-hydrogen) atoms. The minimum atomic E-state index is 0.121. The lowest BCUT2D eigenvalue weighted by atomic mass is 10.2. The molecule has 0 aromatic heterocycles. The number of carbonyl (C=O) groups excluding carboxylic acids is 1. The average Bonchev–Trinajstić information content (AvgIpc) is 2.91. The fourth-order valence-corrected chi connectivity index (χ4v) is 2.35. The second-order valence-electron chi connectivity index (χ2n) is 3.87. The molecule has 0 radical (unpaired) electrons. The van der Waals surface area contributed by atoms with E-state index < -0.39 is 0 Å². The minimum absolute atomic E-state index is 0.121. The topological polar surface area (TPSA) is 29.1 Å². The van der Waals surface area contributed by atoms with E-state index in [4.69, 9.17) is 0 Å². The first-order chi connectivity index (χ1) is 8.74. The Labute approximate surface area is 113 Å². The molecule has 1 aliphatic heterocycles. The smallest absolute Gasteiger partial charge is 0.159 e. The minimum Gasteiger partial charge on any atom is -0.301 e. The van der Waals surface area contributed by atoms with E-state index in [0.29, 0.717) is 6.04 Å². The summed E-state index contributed by atoms with van der Waals surface area (Å²) in [5, 5.41) is 3.32. The average molecular weight is 261 g/mol. The lowest BCUT2D eigenvalue weighted by molar-refractivity contribution is 0.101. The van der Waals surface area contributed by atoms with Crippen LogP contribution in [0.25, 0.3) is 0 Å². The van der Waals surface area contributed by atoms with Gasteiger partial charge in [-0.3, -0.25) is 4.79 Å². The molecule has 0 spiro atoms. The zero-order valence-corrected chi connectivity index (χ0v) is 11.5. The summed E-state index contributed by atoms with van der Waals surface area (Å²) in [5.41, 5.74) is 0.775. The summed E-state index contributed by atoms with van der Waals surface area (Å²) < 4.78 is 0. The van der Waals surface area contributed by atoms with E-state index in [1.165, 1.54) is 5.75 Å². The van der Waals surface area contributed by atoms with Crippen LogP contribution < -0.4 is 5.32 Å². The predicted octanol–water partition coefficient (Wildman–Crippen LogP) is 3.28. The number of benzene rings is 1. The Kier molecular flexibility index (Phi) is 7.14. The summed E-state index contributed by atoms with van der Waals surface area (Å²) in [6, 6.07) is 9.80. The van der Waals surface area contributed by atoms with Crippen LogP contribution >= 0.6 is 11.8 Å². The lowest BCUT2D eigenvalue weighted by Gasteiger charge is -1.98. The highest BCUT2D eigenvalue weighted by Gasteiger charge is 2.09. The summed E-state index contributed by atoms with van der Waals surface area (Å²) in [7, 11) is 0. The Morgan fingerprint density at radius 1 is 1.44 bits per heavy atom. The zero-order valence-electron chi connectivity index (χ0n) is 10.6. The van der Waals surface area contributed by atoms with Crippen LogP contribution in [-0.2, 0) is 0 Å². The van der Waals surface area contributed by atoms with Gasteiger partial charge < -0.3 is 5.32 Å². The first-order valence-electron chi connectivity index (χ1n) is 5.90. The monoisotopic (exact) mass is 261 g/mol. The number of Topliss-reactive ketones (excluding diaryl/α,β-unsaturated/α-hetero) is 1. The number of allylic oxidation sites excluding steroid dienone is 2. The Bertz CT molecular complexity index is 394. The van der Waals surface area contributed by atoms with Crippen LogP contribution in [0.1, 0.15) is 17.3 Å². The summed E-state index contributed by atoms with van der Waals surface area (Å²) in [6.07, 6.45) is 5.95. The number of ketones is 1. The Morgan fingerprint density at radius 3 is 2.61 bits per heavy atom. The van der Waals surface area contributed by atoms with Crippen molar-refractivity contribution in [3.8, 4) is 0 Å². The van der Waals surface area contributed by atoms with Crippen LogP contribution in [0.3, 0.4) is 0 Å². The lowest BCUT2D eigenvalue weighted by Crippen LogP contribution is -2.20. The molecule has 1 aromatic carbocycles. The maximum Gasteiger partial charge on any atom is 0.159 e. The molecule has 96 valence electrons. The largest absolute Gasteiger partial charge is 0.301 e. The molecule has 1 aromatic rings. The Balaban J connectivity index is 0.000000180. The van der Waals surface area contributed by atoms with Crippen LogP contribution in [0.5, 0.6) is 0 Å². The van der Waals surface area contributed by atoms with E-state index in [9.17, 15) is 4.79 Å². The van der Waals surface area contributed by atoms with E-state index in [2.05, 4.69) is 18.0 Å². The van der Waals surface area contributed by atoms with Gasteiger partial charge in [0.15, 0.2) is 5.78 Å². The van der Waals surface area contributed by atoms with Crippen LogP contribution in [0.4, 0.5) is 0 Å². The second-order valence-corrected chi connectivity index (χ2v) is 4.90. The van der Waals surface area contributed by atoms with Crippen molar-refractivity contribution in [1.29, 1.82) is 0 Å². The Morgan fingerprint density at radius 2 is 2.17 bits per heavy atom. The van der Waals surface area contributed by atoms with Crippen LogP contribution in [0.2, 0.25) is 0 Å². The second kappa shape index (κ2) is 8.72. The highest BCUT2D eigenvalue weighted by Crippen LogP contribution is 2.09. The molecule has 0 amide bonds. The van der Waals surface area contributed by atoms with Gasteiger partial charge in [-0.25, -0.2) is 0 Å². The van der Waals surface area contributed by atoms with E-state index in [-0.39, 0.29) is 5.78 Å². The third-order valence-electron chi connectivity index (χ3n) is 2.40. The highest BCUT2D eigenvalue weighted by atomic mass is 32.2. The van der Waals surface area contributed by atoms with Crippen molar-refractivity contribution in [2.45, 2.75) is 13.0 Å². The van der Waals surface area contributed by atoms with Gasteiger partial charge in [-0.15, -0.1) is 11.8 Å². The van der Waals surface area contributed by atoms with Crippen molar-refractivity contribution in [2.75, 3.05) is 11.6 Å². The molecule has 3 heteroatoms. The molecule has 0 saturated carbocycles. The molecule has 1 saturated heterocycles. The molecule has 1 unspecified atom stereocenters. The summed E-state index contributed by atoms with van der Waals surface area (Å²) >= 11 is 1.94. The molecule has 1 fully saturated rings. The normalized spacial score (nSPS) is 18.2. The summed E-state index contributed by atoms with van der Waals surface area (Å²) in [5.74, 6) is 2.41. The number of hydrogen-bond acceptors (Lipinski definition) is 3. The molecule has 0 aliphatic carbocycles. The van der Waals surface area contributed by atoms with E-state index in [1.54, 1.807) is 6.92 Å². The highest BCUT2D eigenvalue weighted by molar-refractivity contribution is 7.99. The molecule has 0 bridgehead atoms. The van der Waals surface area contributed by atoms with Crippen molar-refractivity contribution < 1.29 is 4.79 Å². The van der Waals surface area contributed by atoms with Gasteiger partial charge in [-0.1, -0.05) is 55.1 Å². The molecule has 1 aliphatic rings. The predicted molar refractivity (Wildman–Crippen MR) is 80.0 cm³/mol. The number of thioether (sulfide) groups is 1. The van der Waals surface area contributed by atoms with Gasteiger partial charge in [0.2, 0.25) is 0 Å². The number of hydrogen-bond donors (Lipinski definition) is 1. The maximum absolute atomic E-state index is 10.6. The van der Waals surface area contributed by atoms with E-state index >= 15 is 0 Å². The fraction of sp³-hybridized carbons (Fsp3) is 0.267. The van der Waals surface area contributed by atoms with Gasteiger partial charge in [-0.05, 0) is 6.92 Å². The third-order valence-corrected chi connectivity index (χ3v) is 3.37. The van der Waals surface area contributed by atoms with Crippen LogP contribution in [0, 0.1) is 0 Å². The van der Waals surface area contributed by atoms with Crippen LogP contribution in [0.15, 0.2) is 55.1 Å². The summed E-state index contributed by atoms with van der Waals surface area (Å²) in [4.78, 5) is 10.6. The molecular formula is C15H19NOS. The molecule has 1 N–H and O–H groups in total. The van der Waals surface area contributed by atoms with Gasteiger partial charge in [0, 0.05) is 23.2 Å². The van der Waals surface area contributed by atoms with Gasteiger partial charge in [0.1, 0.15) is 0 Å². The molecule has 1 atom stereocenters. The third kappa shape index (κ3) is 5.84. The molecular weight excluding hydrogens is 242 g/mol. The van der Waals surface area contributed by atoms with E-state index in [0.717, 1.165) is 11.4 Å². The summed E-state index contributed by atoms with van der Waals surface area (Å²) in [6.45, 7) is 5.17. The van der Waals surface area contributed by atoms with Gasteiger partial charge >= 0.3 is 0 Å². The zero-order chi connectivity index (χ0) is 13.2. The molecule has 2 nitrogen and oxygen atoms in total. The maximum atomic E-state index is 10.6. The first-order valence-corrected chi connectivity index (χ1v) is 7.06. The van der Waals surface area contributed by atoms with Crippen molar-refractivity contribution in [3.05, 3.63) is 60.7 Å². The SMILES string of the molecule is C=C/C=C/C1CSCN1.CC(=O)c1ccccc1. The van der Waals surface area contributed by atoms with Gasteiger partial charge in [0.05, 0.1) is 0 Å². The van der Waals surface area contributed by atoms with Crippen molar-refractivity contribution in [2.24, 2.45) is 0 Å². The standard InChI is InChI=1S/C8H8O.C7H11NS/c1-7(9)8-5-3-2-4-6-8;1-2-3-4-7-5-9-6-8-7/h2-6H,1H3;2-4,7-8H,1,5-6H2/b;4-3+. The fourth-order valence-electron chi connectivity index (χ4n) is 1.42. The van der Waals surface area contributed by atoms with Gasteiger partial charge in [0.25, 0.3) is 0 Å². The van der Waals surface area contributed by atoms with Gasteiger partial charge in [-0.2, -0.15) is 0 Å². The number of carbonyl (C=O) groups is 1. The van der Waals surface area contributed by atoms with Crippen molar-refractivity contribution in [1.82, 2.24) is 5.32 Å². The van der Waals surface area contributed by atoms with Crippen molar-refractivity contribution in [3.63, 3.8) is 0 Å². The molecule has 1 heterocycles. The number of nitrogens with one attached hydrogen (secondary N) is 1. The van der Waals surface area contributed by atoms with Crippen LogP contribution in [-0.4, -0.2) is 23.5 Å². The number of rotatable bonds is 3.